The van der Waals surface area contributed by atoms with Gasteiger partial charge in [0, 0.05) is 6.20 Å². The molecule has 3 aromatic heterocycles. The molecule has 0 unspecified atom stereocenters. The van der Waals surface area contributed by atoms with Gasteiger partial charge in [-0.25, -0.2) is 12.8 Å². The van der Waals surface area contributed by atoms with Crippen LogP contribution in [-0.4, -0.2) is 52.7 Å². The van der Waals surface area contributed by atoms with Gasteiger partial charge in [-0.05, 0) is 44.2 Å². The number of pyridine rings is 1. The Kier molecular flexibility index (Phi) is 7.47. The summed E-state index contributed by atoms with van der Waals surface area (Å²) in [6, 6.07) is 11.0. The second-order valence-electron chi connectivity index (χ2n) is 8.36. The molecule has 0 aliphatic carbocycles. The molecule has 0 amide bonds. The largest absolute Gasteiger partial charge is 0.494 e. The zero-order valence-electron chi connectivity index (χ0n) is 20.9. The Morgan fingerprint density at radius 3 is 2.42 bits per heavy atom. The van der Waals surface area contributed by atoms with Crippen molar-refractivity contribution in [1.29, 1.82) is 5.26 Å². The average Bonchev–Trinajstić information content (AvgIpc) is 3.52. The predicted octanol–water partition coefficient (Wildman–Crippen LogP) is 3.30. The molecular weight excluding hydrogens is 517 g/mol. The van der Waals surface area contributed by atoms with Crippen LogP contribution in [-0.2, 0) is 15.6 Å². The van der Waals surface area contributed by atoms with Gasteiger partial charge < -0.3 is 19.0 Å². The average molecular weight is 542 g/mol. The highest BCUT2D eigenvalue weighted by Gasteiger charge is 2.35. The zero-order valence-corrected chi connectivity index (χ0v) is 21.7. The number of sulfone groups is 1. The summed E-state index contributed by atoms with van der Waals surface area (Å²) >= 11 is 0. The van der Waals surface area contributed by atoms with Crippen molar-refractivity contribution < 1.29 is 31.8 Å². The van der Waals surface area contributed by atoms with Gasteiger partial charge in [0.05, 0.1) is 25.0 Å². The second kappa shape index (κ2) is 10.6. The molecule has 11 nitrogen and oxygen atoms in total. The Morgan fingerprint density at radius 1 is 1.18 bits per heavy atom. The van der Waals surface area contributed by atoms with Crippen molar-refractivity contribution in [2.24, 2.45) is 0 Å². The van der Waals surface area contributed by atoms with Crippen LogP contribution in [0.25, 0.3) is 17.3 Å². The summed E-state index contributed by atoms with van der Waals surface area (Å²) < 4.78 is 59.6. The minimum Gasteiger partial charge on any atom is -0.494 e. The zero-order chi connectivity index (χ0) is 27.6. The molecular formula is C25H24FN5O6S. The Morgan fingerprint density at radius 2 is 1.87 bits per heavy atom. The van der Waals surface area contributed by atoms with E-state index in [0.717, 1.165) is 12.3 Å². The molecule has 2 atom stereocenters. The molecule has 1 aromatic carbocycles. The molecule has 0 aliphatic heterocycles. The lowest BCUT2D eigenvalue weighted by Gasteiger charge is -2.20. The molecule has 3 heterocycles. The van der Waals surface area contributed by atoms with Crippen LogP contribution >= 0.6 is 0 Å². The van der Waals surface area contributed by atoms with E-state index in [0.29, 0.717) is 28.7 Å². The molecule has 13 heteroatoms. The van der Waals surface area contributed by atoms with Crippen LogP contribution in [0.5, 0.6) is 11.5 Å². The standard InChI is InChI=1S/C25H24FN5O6S/c1-14-8-9-20(37-14)25-30-29-21(31(25)23-18(35-3)6-5-7-19(23)36-4)13-38(33,34)15(2)24(32)22-17(26)10-16(11-27)12-28-22/h5-10,12,15,24,32H,13H2,1-4H3/t15-,24+/m1/s1. The number of hydrogen-bond donors (Lipinski definition) is 1. The fourth-order valence-electron chi connectivity index (χ4n) is 3.87. The summed E-state index contributed by atoms with van der Waals surface area (Å²) in [5.74, 6) is 0.123. The van der Waals surface area contributed by atoms with Crippen molar-refractivity contribution in [2.45, 2.75) is 31.0 Å². The Hall–Kier alpha value is -4.28. The predicted molar refractivity (Wildman–Crippen MR) is 133 cm³/mol. The lowest BCUT2D eigenvalue weighted by Crippen LogP contribution is -2.29. The van der Waals surface area contributed by atoms with E-state index in [9.17, 15) is 17.9 Å². The molecule has 0 bridgehead atoms. The highest BCUT2D eigenvalue weighted by atomic mass is 32.2. The van der Waals surface area contributed by atoms with Gasteiger partial charge in [0.1, 0.15) is 52.4 Å². The number of ether oxygens (including phenoxy) is 2. The highest BCUT2D eigenvalue weighted by molar-refractivity contribution is 7.91. The van der Waals surface area contributed by atoms with E-state index in [1.54, 1.807) is 43.3 Å². The third-order valence-electron chi connectivity index (χ3n) is 5.94. The van der Waals surface area contributed by atoms with E-state index in [1.807, 2.05) is 0 Å². The molecule has 1 N–H and O–H groups in total. The Balaban J connectivity index is 1.81. The second-order valence-corrected chi connectivity index (χ2v) is 10.7. The third-order valence-corrected chi connectivity index (χ3v) is 7.99. The van der Waals surface area contributed by atoms with Crippen molar-refractivity contribution in [3.63, 3.8) is 0 Å². The number of nitriles is 1. The summed E-state index contributed by atoms with van der Waals surface area (Å²) in [5, 5.41) is 26.5. The van der Waals surface area contributed by atoms with Crippen LogP contribution < -0.4 is 9.47 Å². The van der Waals surface area contributed by atoms with E-state index in [4.69, 9.17) is 19.2 Å². The van der Waals surface area contributed by atoms with Crippen molar-refractivity contribution >= 4 is 9.84 Å². The monoisotopic (exact) mass is 541 g/mol. The van der Waals surface area contributed by atoms with E-state index in [-0.39, 0.29) is 17.2 Å². The van der Waals surface area contributed by atoms with Gasteiger partial charge in [-0.1, -0.05) is 6.07 Å². The topological polar surface area (TPSA) is 153 Å². The quantitative estimate of drug-likeness (QED) is 0.334. The number of aryl methyl sites for hydroxylation is 1. The maximum atomic E-state index is 14.5. The van der Waals surface area contributed by atoms with Gasteiger partial charge in [-0.2, -0.15) is 5.26 Å². The third kappa shape index (κ3) is 4.96. The van der Waals surface area contributed by atoms with Crippen LogP contribution in [0.15, 0.2) is 47.0 Å². The van der Waals surface area contributed by atoms with Crippen molar-refractivity contribution in [3.8, 4) is 34.8 Å². The van der Waals surface area contributed by atoms with Crippen LogP contribution in [0.3, 0.4) is 0 Å². The number of rotatable bonds is 9. The molecule has 4 rings (SSSR count). The van der Waals surface area contributed by atoms with Gasteiger partial charge in [0.2, 0.25) is 5.82 Å². The van der Waals surface area contributed by atoms with Crippen molar-refractivity contribution in [1.82, 2.24) is 19.7 Å². The van der Waals surface area contributed by atoms with Gasteiger partial charge >= 0.3 is 0 Å². The first-order chi connectivity index (χ1) is 18.1. The summed E-state index contributed by atoms with van der Waals surface area (Å²) in [7, 11) is -1.28. The SMILES string of the molecule is COc1cccc(OC)c1-n1c(CS(=O)(=O)[C@H](C)[C@H](O)c2ncc(C#N)cc2F)nnc1-c1ccc(C)o1. The van der Waals surface area contributed by atoms with Gasteiger partial charge in [-0.15, -0.1) is 10.2 Å². The fourth-order valence-corrected chi connectivity index (χ4v) is 5.20. The van der Waals surface area contributed by atoms with E-state index < -0.39 is 38.5 Å². The molecule has 0 fully saturated rings. The summed E-state index contributed by atoms with van der Waals surface area (Å²) in [4.78, 5) is 3.76. The molecule has 0 aliphatic rings. The molecule has 0 radical (unpaired) electrons. The highest BCUT2D eigenvalue weighted by Crippen LogP contribution is 2.37. The number of hydrogen-bond acceptors (Lipinski definition) is 10. The van der Waals surface area contributed by atoms with Crippen molar-refractivity contribution in [2.75, 3.05) is 14.2 Å². The van der Waals surface area contributed by atoms with E-state index >= 15 is 0 Å². The van der Waals surface area contributed by atoms with Crippen molar-refractivity contribution in [3.05, 3.63) is 71.3 Å². The van der Waals surface area contributed by atoms with Crippen LogP contribution in [0.4, 0.5) is 4.39 Å². The summed E-state index contributed by atoms with van der Waals surface area (Å²) in [6.07, 6.45) is -0.750. The van der Waals surface area contributed by atoms with Crippen LogP contribution in [0, 0.1) is 24.1 Å². The molecule has 198 valence electrons. The van der Waals surface area contributed by atoms with Gasteiger partial charge in [0.15, 0.2) is 21.4 Å². The number of aliphatic hydroxyl groups is 1. The number of benzene rings is 1. The van der Waals surface area contributed by atoms with Crippen LogP contribution in [0.2, 0.25) is 0 Å². The maximum absolute atomic E-state index is 14.5. The Bertz CT molecular complexity index is 1600. The van der Waals surface area contributed by atoms with Gasteiger partial charge in [-0.3, -0.25) is 9.55 Å². The number of nitrogens with zero attached hydrogens (tertiary/aromatic N) is 5. The van der Waals surface area contributed by atoms with Gasteiger partial charge in [0.25, 0.3) is 0 Å². The molecule has 0 saturated carbocycles. The number of aromatic nitrogens is 4. The minimum absolute atomic E-state index is 0.0239. The smallest absolute Gasteiger partial charge is 0.204 e. The number of aliphatic hydroxyl groups excluding tert-OH is 1. The minimum atomic E-state index is -4.18. The van der Waals surface area contributed by atoms with E-state index in [1.165, 1.54) is 25.7 Å². The first kappa shape index (κ1) is 26.8. The number of halogens is 1. The van der Waals surface area contributed by atoms with E-state index in [2.05, 4.69) is 15.2 Å². The maximum Gasteiger partial charge on any atom is 0.204 e. The summed E-state index contributed by atoms with van der Waals surface area (Å²) in [5.41, 5.74) is -0.210. The lowest BCUT2D eigenvalue weighted by molar-refractivity contribution is 0.166. The number of methoxy groups -OCH3 is 2. The Labute approximate surface area is 218 Å². The molecule has 0 saturated heterocycles. The van der Waals surface area contributed by atoms with Crippen LogP contribution in [0.1, 0.15) is 35.9 Å². The molecule has 4 aromatic rings. The fraction of sp³-hybridized carbons (Fsp3) is 0.280. The molecule has 0 spiro atoms. The first-order valence-electron chi connectivity index (χ1n) is 11.3. The lowest BCUT2D eigenvalue weighted by atomic mass is 10.1. The normalized spacial score (nSPS) is 13.1. The first-order valence-corrected chi connectivity index (χ1v) is 13.0. The molecule has 38 heavy (non-hydrogen) atoms. The number of furan rings is 1. The summed E-state index contributed by atoms with van der Waals surface area (Å²) in [6.45, 7) is 2.99. The number of para-hydroxylation sites is 1.